The fourth-order valence-corrected chi connectivity index (χ4v) is 4.01. The number of rotatable bonds is 7. The summed E-state index contributed by atoms with van der Waals surface area (Å²) >= 11 is 6.93. The lowest BCUT2D eigenvalue weighted by molar-refractivity contribution is -0.129. The highest BCUT2D eigenvalue weighted by Gasteiger charge is 2.25. The van der Waals surface area contributed by atoms with Gasteiger partial charge in [-0.15, -0.1) is 0 Å². The van der Waals surface area contributed by atoms with E-state index in [0.29, 0.717) is 24.7 Å². The molecular formula is C25H19Br2NO4. The number of ether oxygens (including phenoxy) is 3. The Morgan fingerprint density at radius 3 is 2.59 bits per heavy atom. The minimum absolute atomic E-state index is 0.223. The average Bonchev–Trinajstić information content (AvgIpc) is 3.13. The van der Waals surface area contributed by atoms with Crippen LogP contribution in [-0.2, 0) is 16.1 Å². The first-order valence-electron chi connectivity index (χ1n) is 9.95. The summed E-state index contributed by atoms with van der Waals surface area (Å²) in [6.45, 7) is 2.80. The predicted octanol–water partition coefficient (Wildman–Crippen LogP) is 6.53. The summed E-state index contributed by atoms with van der Waals surface area (Å²) in [6.07, 6.45) is 1.67. The molecule has 0 saturated heterocycles. The maximum Gasteiger partial charge on any atom is 0.363 e. The Morgan fingerprint density at radius 2 is 1.81 bits per heavy atom. The highest BCUT2D eigenvalue weighted by Crippen LogP contribution is 2.31. The molecule has 5 nitrogen and oxygen atoms in total. The fourth-order valence-electron chi connectivity index (χ4n) is 3.11. The van der Waals surface area contributed by atoms with Crippen molar-refractivity contribution in [2.24, 2.45) is 4.99 Å². The Balaban J connectivity index is 1.57. The second-order valence-electron chi connectivity index (χ2n) is 6.87. The minimum atomic E-state index is -0.497. The first-order chi connectivity index (χ1) is 15.5. The highest BCUT2D eigenvalue weighted by atomic mass is 79.9. The van der Waals surface area contributed by atoms with Gasteiger partial charge in [0, 0.05) is 8.95 Å². The Labute approximate surface area is 203 Å². The molecule has 0 aromatic heterocycles. The number of carbonyl (C=O) groups is 1. The van der Waals surface area contributed by atoms with Crippen molar-refractivity contribution in [2.75, 3.05) is 6.61 Å². The number of esters is 1. The highest BCUT2D eigenvalue weighted by molar-refractivity contribution is 9.10. The Kier molecular flexibility index (Phi) is 7.07. The van der Waals surface area contributed by atoms with Crippen molar-refractivity contribution < 1.29 is 19.0 Å². The van der Waals surface area contributed by atoms with Gasteiger partial charge in [-0.25, -0.2) is 9.79 Å². The van der Waals surface area contributed by atoms with Crippen LogP contribution in [0.4, 0.5) is 0 Å². The van der Waals surface area contributed by atoms with Gasteiger partial charge in [0.1, 0.15) is 6.61 Å². The zero-order chi connectivity index (χ0) is 22.5. The van der Waals surface area contributed by atoms with Crippen molar-refractivity contribution in [3.05, 3.63) is 98.1 Å². The average molecular weight is 557 g/mol. The van der Waals surface area contributed by atoms with Gasteiger partial charge >= 0.3 is 5.97 Å². The fraction of sp³-hybridized carbons (Fsp3) is 0.120. The molecule has 0 radical (unpaired) electrons. The molecule has 1 heterocycles. The number of carbonyl (C=O) groups excluding carboxylic acids is 1. The van der Waals surface area contributed by atoms with Crippen LogP contribution in [0, 0.1) is 0 Å². The van der Waals surface area contributed by atoms with E-state index < -0.39 is 5.97 Å². The molecule has 7 heteroatoms. The number of nitrogens with zero attached hydrogens (tertiary/aromatic N) is 1. The van der Waals surface area contributed by atoms with E-state index in [2.05, 4.69) is 36.9 Å². The molecule has 162 valence electrons. The number of aliphatic imine (C=N–C) groups is 1. The van der Waals surface area contributed by atoms with Crippen molar-refractivity contribution in [1.29, 1.82) is 0 Å². The van der Waals surface area contributed by atoms with E-state index in [0.717, 1.165) is 25.6 Å². The minimum Gasteiger partial charge on any atom is -0.490 e. The maximum absolute atomic E-state index is 12.4. The van der Waals surface area contributed by atoms with Crippen molar-refractivity contribution in [1.82, 2.24) is 0 Å². The van der Waals surface area contributed by atoms with Crippen LogP contribution in [0.15, 0.2) is 86.4 Å². The molecule has 0 unspecified atom stereocenters. The lowest BCUT2D eigenvalue weighted by atomic mass is 10.1. The summed E-state index contributed by atoms with van der Waals surface area (Å²) < 4.78 is 18.9. The van der Waals surface area contributed by atoms with Crippen molar-refractivity contribution in [2.45, 2.75) is 13.5 Å². The van der Waals surface area contributed by atoms with Crippen LogP contribution in [0.2, 0.25) is 0 Å². The Bertz CT molecular complexity index is 1220. The van der Waals surface area contributed by atoms with Crippen LogP contribution < -0.4 is 9.47 Å². The summed E-state index contributed by atoms with van der Waals surface area (Å²) in [4.78, 5) is 16.7. The van der Waals surface area contributed by atoms with E-state index in [1.165, 1.54) is 0 Å². The third-order valence-corrected chi connectivity index (χ3v) is 5.76. The predicted molar refractivity (Wildman–Crippen MR) is 131 cm³/mol. The number of benzene rings is 3. The van der Waals surface area contributed by atoms with E-state index in [1.807, 2.05) is 73.7 Å². The number of hydrogen-bond acceptors (Lipinski definition) is 5. The third-order valence-electron chi connectivity index (χ3n) is 4.58. The largest absolute Gasteiger partial charge is 0.490 e. The molecule has 32 heavy (non-hydrogen) atoms. The van der Waals surface area contributed by atoms with Crippen molar-refractivity contribution in [3.8, 4) is 11.5 Å². The lowest BCUT2D eigenvalue weighted by Crippen LogP contribution is -2.05. The number of hydrogen-bond donors (Lipinski definition) is 0. The van der Waals surface area contributed by atoms with Crippen LogP contribution in [0.5, 0.6) is 11.5 Å². The topological polar surface area (TPSA) is 57.1 Å². The van der Waals surface area contributed by atoms with E-state index in [4.69, 9.17) is 14.2 Å². The van der Waals surface area contributed by atoms with Gasteiger partial charge in [0.05, 0.1) is 12.2 Å². The molecule has 0 N–H and O–H groups in total. The van der Waals surface area contributed by atoms with Gasteiger partial charge in [-0.1, -0.05) is 46.3 Å². The van der Waals surface area contributed by atoms with E-state index >= 15 is 0 Å². The molecule has 0 spiro atoms. The monoisotopic (exact) mass is 555 g/mol. The second-order valence-corrected chi connectivity index (χ2v) is 8.64. The normalized spacial score (nSPS) is 14.3. The van der Waals surface area contributed by atoms with Crippen LogP contribution in [0.25, 0.3) is 6.08 Å². The van der Waals surface area contributed by atoms with Crippen molar-refractivity contribution >= 4 is 49.8 Å². The molecule has 0 fully saturated rings. The summed E-state index contributed by atoms with van der Waals surface area (Å²) in [5, 5.41) is 0. The molecule has 1 aliphatic rings. The van der Waals surface area contributed by atoms with Crippen molar-refractivity contribution in [3.63, 3.8) is 0 Å². The molecule has 4 rings (SSSR count). The molecule has 0 atom stereocenters. The smallest absolute Gasteiger partial charge is 0.363 e. The Hall–Kier alpha value is -2.90. The molecule has 1 aliphatic heterocycles. The third kappa shape index (κ3) is 5.29. The van der Waals surface area contributed by atoms with Gasteiger partial charge in [-0.3, -0.25) is 0 Å². The quantitative estimate of drug-likeness (QED) is 0.245. The van der Waals surface area contributed by atoms with Gasteiger partial charge in [0.15, 0.2) is 17.2 Å². The molecule has 0 aliphatic carbocycles. The van der Waals surface area contributed by atoms with Gasteiger partial charge < -0.3 is 14.2 Å². The molecule has 0 bridgehead atoms. The van der Waals surface area contributed by atoms with E-state index in [-0.39, 0.29) is 11.6 Å². The molecule has 0 amide bonds. The van der Waals surface area contributed by atoms with Crippen LogP contribution in [0.3, 0.4) is 0 Å². The van der Waals surface area contributed by atoms with Gasteiger partial charge in [-0.2, -0.15) is 0 Å². The van der Waals surface area contributed by atoms with Gasteiger partial charge in [0.25, 0.3) is 0 Å². The number of cyclic esters (lactones) is 1. The van der Waals surface area contributed by atoms with Crippen LogP contribution >= 0.6 is 31.9 Å². The lowest BCUT2D eigenvalue weighted by Gasteiger charge is -2.13. The zero-order valence-electron chi connectivity index (χ0n) is 17.2. The molecule has 0 saturated carbocycles. The molecule has 3 aromatic rings. The molecule has 3 aromatic carbocycles. The zero-order valence-corrected chi connectivity index (χ0v) is 20.4. The Morgan fingerprint density at radius 1 is 0.969 bits per heavy atom. The standard InChI is InChI=1S/C25H19Br2NO4/c1-2-30-23-14-16(10-11-22(23)31-15-17-6-5-7-18(26)12-17)13-21-25(29)32-24(28-21)19-8-3-4-9-20(19)27/h3-14H,2,15H2,1H3/b21-13-. The van der Waals surface area contributed by atoms with Crippen LogP contribution in [-0.4, -0.2) is 18.5 Å². The molecular weight excluding hydrogens is 538 g/mol. The second kappa shape index (κ2) is 10.1. The van der Waals surface area contributed by atoms with Crippen LogP contribution in [0.1, 0.15) is 23.6 Å². The summed E-state index contributed by atoms with van der Waals surface area (Å²) in [5.41, 5.74) is 2.74. The van der Waals surface area contributed by atoms with Gasteiger partial charge in [0.2, 0.25) is 5.90 Å². The number of halogens is 2. The summed E-state index contributed by atoms with van der Waals surface area (Å²) in [5.74, 6) is 0.995. The summed E-state index contributed by atoms with van der Waals surface area (Å²) in [7, 11) is 0. The summed E-state index contributed by atoms with van der Waals surface area (Å²) in [6, 6.07) is 20.9. The first kappa shape index (κ1) is 22.3. The van der Waals surface area contributed by atoms with E-state index in [1.54, 1.807) is 6.08 Å². The van der Waals surface area contributed by atoms with E-state index in [9.17, 15) is 4.79 Å². The first-order valence-corrected chi connectivity index (χ1v) is 11.5. The van der Waals surface area contributed by atoms with Gasteiger partial charge in [-0.05, 0) is 76.5 Å². The maximum atomic E-state index is 12.4. The SMILES string of the molecule is CCOc1cc(/C=C2\N=C(c3ccccc3Br)OC2=O)ccc1OCc1cccc(Br)c1.